The van der Waals surface area contributed by atoms with Gasteiger partial charge in [-0.15, -0.1) is 0 Å². The van der Waals surface area contributed by atoms with Crippen molar-refractivity contribution >= 4 is 17.9 Å². The van der Waals surface area contributed by atoms with Crippen LogP contribution in [0.3, 0.4) is 0 Å². The van der Waals surface area contributed by atoms with E-state index in [2.05, 4.69) is 9.98 Å². The fourth-order valence-corrected chi connectivity index (χ4v) is 1.91. The summed E-state index contributed by atoms with van der Waals surface area (Å²) in [6.45, 7) is 0. The van der Waals surface area contributed by atoms with Gasteiger partial charge in [0.2, 0.25) is 5.90 Å². The summed E-state index contributed by atoms with van der Waals surface area (Å²) in [7, 11) is 1.59. The SMILES string of the molecule is COc1cccc(/C=C2/N=C(c3cccnc3)OC2=O)c1. The number of pyridine rings is 1. The molecule has 0 atom stereocenters. The van der Waals surface area contributed by atoms with E-state index in [1.54, 1.807) is 37.7 Å². The number of aromatic nitrogens is 1. The first-order chi connectivity index (χ1) is 10.3. The van der Waals surface area contributed by atoms with Crippen molar-refractivity contribution in [3.63, 3.8) is 0 Å². The molecule has 0 aliphatic carbocycles. The van der Waals surface area contributed by atoms with E-state index in [9.17, 15) is 4.79 Å². The van der Waals surface area contributed by atoms with Crippen LogP contribution < -0.4 is 4.74 Å². The van der Waals surface area contributed by atoms with Gasteiger partial charge in [-0.25, -0.2) is 9.79 Å². The number of aliphatic imine (C=N–C) groups is 1. The van der Waals surface area contributed by atoms with Crippen molar-refractivity contribution in [3.05, 3.63) is 65.6 Å². The van der Waals surface area contributed by atoms with Crippen LogP contribution in [0.4, 0.5) is 0 Å². The Bertz CT molecular complexity index is 736. The van der Waals surface area contributed by atoms with Crippen molar-refractivity contribution in [1.29, 1.82) is 0 Å². The normalized spacial score (nSPS) is 15.8. The third kappa shape index (κ3) is 2.81. The minimum atomic E-state index is -0.475. The van der Waals surface area contributed by atoms with Crippen molar-refractivity contribution in [1.82, 2.24) is 4.98 Å². The molecule has 0 unspecified atom stereocenters. The molecule has 0 saturated carbocycles. The summed E-state index contributed by atoms with van der Waals surface area (Å²) >= 11 is 0. The number of methoxy groups -OCH3 is 1. The molecule has 0 amide bonds. The number of carbonyl (C=O) groups excluding carboxylic acids is 1. The molecule has 0 fully saturated rings. The van der Waals surface area contributed by atoms with E-state index in [1.807, 2.05) is 24.3 Å². The minimum Gasteiger partial charge on any atom is -0.497 e. The Morgan fingerprint density at radius 1 is 1.24 bits per heavy atom. The molecular weight excluding hydrogens is 268 g/mol. The second kappa shape index (κ2) is 5.58. The Balaban J connectivity index is 1.93. The van der Waals surface area contributed by atoms with Gasteiger partial charge in [-0.3, -0.25) is 4.98 Å². The van der Waals surface area contributed by atoms with Gasteiger partial charge in [0.1, 0.15) is 5.75 Å². The number of cyclic esters (lactones) is 1. The molecule has 1 aromatic carbocycles. The zero-order valence-electron chi connectivity index (χ0n) is 11.3. The van der Waals surface area contributed by atoms with Crippen LogP contribution in [0, 0.1) is 0 Å². The first kappa shape index (κ1) is 13.1. The standard InChI is InChI=1S/C16H12N2O3/c1-20-13-6-2-4-11(8-13)9-14-16(19)21-15(18-14)12-5-3-7-17-10-12/h2-10H,1H3/b14-9+. The fraction of sp³-hybridized carbons (Fsp3) is 0.0625. The summed E-state index contributed by atoms with van der Waals surface area (Å²) in [6.07, 6.45) is 4.91. The molecule has 0 N–H and O–H groups in total. The summed E-state index contributed by atoms with van der Waals surface area (Å²) in [5.74, 6) is 0.506. The lowest BCUT2D eigenvalue weighted by molar-refractivity contribution is -0.129. The third-order valence-electron chi connectivity index (χ3n) is 2.93. The van der Waals surface area contributed by atoms with Gasteiger partial charge in [-0.1, -0.05) is 12.1 Å². The highest BCUT2D eigenvalue weighted by Crippen LogP contribution is 2.20. The van der Waals surface area contributed by atoms with Crippen molar-refractivity contribution in [3.8, 4) is 5.75 Å². The highest BCUT2D eigenvalue weighted by atomic mass is 16.6. The Labute approximate surface area is 121 Å². The summed E-state index contributed by atoms with van der Waals surface area (Å²) < 4.78 is 10.3. The van der Waals surface area contributed by atoms with Gasteiger partial charge in [-0.05, 0) is 35.9 Å². The van der Waals surface area contributed by atoms with Gasteiger partial charge in [0.15, 0.2) is 5.70 Å². The zero-order valence-corrected chi connectivity index (χ0v) is 11.3. The zero-order chi connectivity index (χ0) is 14.7. The number of benzene rings is 1. The lowest BCUT2D eigenvalue weighted by Gasteiger charge is -2.00. The lowest BCUT2D eigenvalue weighted by atomic mass is 10.2. The molecule has 1 aliphatic rings. The molecule has 2 aromatic rings. The highest BCUT2D eigenvalue weighted by molar-refractivity contribution is 6.12. The molecule has 0 spiro atoms. The van der Waals surface area contributed by atoms with E-state index in [0.717, 1.165) is 5.56 Å². The van der Waals surface area contributed by atoms with Gasteiger partial charge in [0, 0.05) is 12.4 Å². The molecule has 2 heterocycles. The molecule has 5 nitrogen and oxygen atoms in total. The Morgan fingerprint density at radius 2 is 2.14 bits per heavy atom. The lowest BCUT2D eigenvalue weighted by Crippen LogP contribution is -2.05. The van der Waals surface area contributed by atoms with E-state index in [-0.39, 0.29) is 11.6 Å². The van der Waals surface area contributed by atoms with Crippen molar-refractivity contribution < 1.29 is 14.3 Å². The molecule has 104 valence electrons. The number of ether oxygens (including phenoxy) is 2. The Morgan fingerprint density at radius 3 is 2.90 bits per heavy atom. The number of hydrogen-bond donors (Lipinski definition) is 0. The van der Waals surface area contributed by atoms with Crippen LogP contribution >= 0.6 is 0 Å². The monoisotopic (exact) mass is 280 g/mol. The Kier molecular flexibility index (Phi) is 3.47. The Hall–Kier alpha value is -2.95. The summed E-state index contributed by atoms with van der Waals surface area (Å²) in [5, 5.41) is 0. The molecule has 0 radical (unpaired) electrons. The molecule has 0 bridgehead atoms. The van der Waals surface area contributed by atoms with Crippen LogP contribution in [-0.2, 0) is 9.53 Å². The largest absolute Gasteiger partial charge is 0.497 e. The summed E-state index contributed by atoms with van der Waals surface area (Å²) in [6, 6.07) is 10.9. The summed E-state index contributed by atoms with van der Waals surface area (Å²) in [4.78, 5) is 20.1. The van der Waals surface area contributed by atoms with Crippen molar-refractivity contribution in [2.45, 2.75) is 0 Å². The van der Waals surface area contributed by atoms with Gasteiger partial charge < -0.3 is 9.47 Å². The van der Waals surface area contributed by atoms with Crippen LogP contribution in [0.1, 0.15) is 11.1 Å². The molecule has 0 saturated heterocycles. The van der Waals surface area contributed by atoms with E-state index in [4.69, 9.17) is 9.47 Å². The molecule has 3 rings (SSSR count). The minimum absolute atomic E-state index is 0.252. The number of esters is 1. The van der Waals surface area contributed by atoms with Gasteiger partial charge in [0.25, 0.3) is 0 Å². The van der Waals surface area contributed by atoms with Crippen LogP contribution in [0.15, 0.2) is 59.5 Å². The first-order valence-corrected chi connectivity index (χ1v) is 6.33. The van der Waals surface area contributed by atoms with E-state index < -0.39 is 5.97 Å². The smallest absolute Gasteiger partial charge is 0.363 e. The quantitative estimate of drug-likeness (QED) is 0.640. The third-order valence-corrected chi connectivity index (χ3v) is 2.93. The second-order valence-corrected chi connectivity index (χ2v) is 4.35. The van der Waals surface area contributed by atoms with E-state index in [1.165, 1.54) is 0 Å². The average Bonchev–Trinajstić information content (AvgIpc) is 2.89. The predicted octanol–water partition coefficient (Wildman–Crippen LogP) is 2.43. The van der Waals surface area contributed by atoms with Gasteiger partial charge >= 0.3 is 5.97 Å². The maximum atomic E-state index is 11.9. The molecule has 1 aromatic heterocycles. The van der Waals surface area contributed by atoms with E-state index in [0.29, 0.717) is 11.3 Å². The van der Waals surface area contributed by atoms with Crippen molar-refractivity contribution in [2.24, 2.45) is 4.99 Å². The fourth-order valence-electron chi connectivity index (χ4n) is 1.91. The molecule has 5 heteroatoms. The maximum absolute atomic E-state index is 11.9. The first-order valence-electron chi connectivity index (χ1n) is 6.33. The van der Waals surface area contributed by atoms with Gasteiger partial charge in [0.05, 0.1) is 12.7 Å². The van der Waals surface area contributed by atoms with E-state index >= 15 is 0 Å². The van der Waals surface area contributed by atoms with Crippen molar-refractivity contribution in [2.75, 3.05) is 7.11 Å². The van der Waals surface area contributed by atoms with Gasteiger partial charge in [-0.2, -0.15) is 0 Å². The van der Waals surface area contributed by atoms with Crippen LogP contribution in [0.2, 0.25) is 0 Å². The highest BCUT2D eigenvalue weighted by Gasteiger charge is 2.24. The van der Waals surface area contributed by atoms with Crippen LogP contribution in [0.25, 0.3) is 6.08 Å². The predicted molar refractivity (Wildman–Crippen MR) is 77.8 cm³/mol. The molecule has 21 heavy (non-hydrogen) atoms. The topological polar surface area (TPSA) is 60.8 Å². The average molecular weight is 280 g/mol. The number of rotatable bonds is 3. The van der Waals surface area contributed by atoms with Crippen LogP contribution in [-0.4, -0.2) is 24.0 Å². The van der Waals surface area contributed by atoms with Crippen LogP contribution in [0.5, 0.6) is 5.75 Å². The summed E-state index contributed by atoms with van der Waals surface area (Å²) in [5.41, 5.74) is 1.74. The molecular formula is C16H12N2O3. The molecule has 1 aliphatic heterocycles. The number of carbonyl (C=O) groups is 1. The number of nitrogens with zero attached hydrogens (tertiary/aromatic N) is 2. The number of hydrogen-bond acceptors (Lipinski definition) is 5. The maximum Gasteiger partial charge on any atom is 0.363 e. The second-order valence-electron chi connectivity index (χ2n) is 4.35.